The van der Waals surface area contributed by atoms with Gasteiger partial charge in [0.25, 0.3) is 10.0 Å². The number of rotatable bonds is 7. The first kappa shape index (κ1) is 15.6. The Morgan fingerprint density at radius 2 is 2.00 bits per heavy atom. The van der Waals surface area contributed by atoms with Crippen LogP contribution >= 0.6 is 11.3 Å². The molecule has 0 saturated heterocycles. The topological polar surface area (TPSA) is 49.4 Å². The van der Waals surface area contributed by atoms with Gasteiger partial charge in [-0.05, 0) is 36.9 Å². The molecule has 1 rings (SSSR count). The maximum absolute atomic E-state index is 12.4. The van der Waals surface area contributed by atoms with Gasteiger partial charge in [-0.1, -0.05) is 13.8 Å². The summed E-state index contributed by atoms with van der Waals surface area (Å²) in [6.45, 7) is 4.72. The van der Waals surface area contributed by atoms with Crippen LogP contribution in [0.1, 0.15) is 32.3 Å². The van der Waals surface area contributed by atoms with Gasteiger partial charge in [0, 0.05) is 19.6 Å². The molecule has 1 aromatic rings. The van der Waals surface area contributed by atoms with Gasteiger partial charge in [-0.3, -0.25) is 0 Å². The van der Waals surface area contributed by atoms with Crippen LogP contribution < -0.4 is 5.32 Å². The second kappa shape index (κ2) is 6.65. The molecule has 1 aromatic heterocycles. The summed E-state index contributed by atoms with van der Waals surface area (Å²) in [6, 6.07) is 1.83. The molecule has 0 aromatic carbocycles. The molecule has 104 valence electrons. The van der Waals surface area contributed by atoms with E-state index in [1.807, 2.05) is 26.3 Å². The van der Waals surface area contributed by atoms with Crippen molar-refractivity contribution in [1.82, 2.24) is 9.62 Å². The molecule has 18 heavy (non-hydrogen) atoms. The predicted molar refractivity (Wildman–Crippen MR) is 76.4 cm³/mol. The van der Waals surface area contributed by atoms with Crippen molar-refractivity contribution in [2.75, 3.05) is 14.1 Å². The van der Waals surface area contributed by atoms with E-state index in [1.165, 1.54) is 15.6 Å². The molecule has 1 N–H and O–H groups in total. The Labute approximate surface area is 114 Å². The summed E-state index contributed by atoms with van der Waals surface area (Å²) in [5.41, 5.74) is 1.01. The molecule has 6 heteroatoms. The third-order valence-corrected chi connectivity index (χ3v) is 6.47. The van der Waals surface area contributed by atoms with Crippen molar-refractivity contribution >= 4 is 21.4 Å². The summed E-state index contributed by atoms with van der Waals surface area (Å²) in [4.78, 5) is 0. The van der Waals surface area contributed by atoms with Crippen LogP contribution in [-0.4, -0.2) is 32.9 Å². The molecule has 4 nitrogen and oxygen atoms in total. The first-order valence-electron chi connectivity index (χ1n) is 6.17. The maximum atomic E-state index is 12.4. The van der Waals surface area contributed by atoms with Crippen LogP contribution in [0.15, 0.2) is 15.7 Å². The van der Waals surface area contributed by atoms with E-state index in [2.05, 4.69) is 5.32 Å². The summed E-state index contributed by atoms with van der Waals surface area (Å²) < 4.78 is 26.8. The highest BCUT2D eigenvalue weighted by Gasteiger charge is 2.27. The normalized spacial score (nSPS) is 12.6. The van der Waals surface area contributed by atoms with Gasteiger partial charge in [0.05, 0.1) is 0 Å². The number of hydrogen-bond acceptors (Lipinski definition) is 4. The fraction of sp³-hybridized carbons (Fsp3) is 0.667. The molecule has 0 aliphatic heterocycles. The van der Waals surface area contributed by atoms with Crippen molar-refractivity contribution in [2.45, 2.75) is 43.5 Å². The lowest BCUT2D eigenvalue weighted by atomic mass is 10.2. The van der Waals surface area contributed by atoms with Gasteiger partial charge >= 0.3 is 0 Å². The van der Waals surface area contributed by atoms with E-state index >= 15 is 0 Å². The van der Waals surface area contributed by atoms with Crippen LogP contribution in [0.5, 0.6) is 0 Å². The van der Waals surface area contributed by atoms with Crippen molar-refractivity contribution < 1.29 is 8.42 Å². The number of hydrogen-bond donors (Lipinski definition) is 1. The van der Waals surface area contributed by atoms with Gasteiger partial charge in [0.2, 0.25) is 0 Å². The van der Waals surface area contributed by atoms with Gasteiger partial charge in [0.1, 0.15) is 4.21 Å². The van der Waals surface area contributed by atoms with E-state index in [9.17, 15) is 8.42 Å². The summed E-state index contributed by atoms with van der Waals surface area (Å²) >= 11 is 1.29. The van der Waals surface area contributed by atoms with E-state index < -0.39 is 10.0 Å². The third kappa shape index (κ3) is 3.32. The SMILES string of the molecule is CCC(CC)N(C)S(=O)(=O)c1cc(CNC)cs1. The standard InChI is InChI=1S/C12H22N2O2S2/c1-5-11(6-2)14(4)18(15,16)12-7-10(8-13-3)9-17-12/h7,9,11,13H,5-6,8H2,1-4H3. The molecule has 0 fully saturated rings. The zero-order valence-corrected chi connectivity index (χ0v) is 13.1. The lowest BCUT2D eigenvalue weighted by Gasteiger charge is -2.24. The second-order valence-electron chi connectivity index (χ2n) is 4.30. The Balaban J connectivity index is 2.97. The second-order valence-corrected chi connectivity index (χ2v) is 7.43. The van der Waals surface area contributed by atoms with Gasteiger partial charge < -0.3 is 5.32 Å². The smallest absolute Gasteiger partial charge is 0.252 e. The summed E-state index contributed by atoms with van der Waals surface area (Å²) in [6.07, 6.45) is 1.67. The predicted octanol–water partition coefficient (Wildman–Crippen LogP) is 2.28. The molecule has 0 aliphatic carbocycles. The maximum Gasteiger partial charge on any atom is 0.252 e. The van der Waals surface area contributed by atoms with E-state index in [-0.39, 0.29) is 6.04 Å². The average molecular weight is 290 g/mol. The number of nitrogens with zero attached hydrogens (tertiary/aromatic N) is 1. The molecule has 0 unspecified atom stereocenters. The Kier molecular flexibility index (Phi) is 5.78. The summed E-state index contributed by atoms with van der Waals surface area (Å²) in [7, 11) is 0.185. The minimum absolute atomic E-state index is 0.0739. The highest BCUT2D eigenvalue weighted by atomic mass is 32.2. The van der Waals surface area contributed by atoms with Crippen molar-refractivity contribution in [3.63, 3.8) is 0 Å². The molecule has 0 bridgehead atoms. The largest absolute Gasteiger partial charge is 0.316 e. The first-order valence-corrected chi connectivity index (χ1v) is 8.49. The molecule has 0 spiro atoms. The highest BCUT2D eigenvalue weighted by Crippen LogP contribution is 2.25. The van der Waals surface area contributed by atoms with Gasteiger partial charge in [-0.15, -0.1) is 11.3 Å². The average Bonchev–Trinajstić information content (AvgIpc) is 2.80. The Bertz CT molecular complexity index is 464. The van der Waals surface area contributed by atoms with Crippen LogP contribution in [0, 0.1) is 0 Å². The minimum atomic E-state index is -3.34. The molecule has 0 atom stereocenters. The van der Waals surface area contributed by atoms with E-state index in [0.29, 0.717) is 10.8 Å². The number of sulfonamides is 1. The summed E-state index contributed by atoms with van der Waals surface area (Å²) in [5.74, 6) is 0. The van der Waals surface area contributed by atoms with Gasteiger partial charge in [0.15, 0.2) is 0 Å². The first-order chi connectivity index (χ1) is 8.47. The summed E-state index contributed by atoms with van der Waals surface area (Å²) in [5, 5.41) is 4.91. The Morgan fingerprint density at radius 3 is 2.50 bits per heavy atom. The van der Waals surface area contributed by atoms with Crippen LogP contribution in [0.3, 0.4) is 0 Å². The van der Waals surface area contributed by atoms with Crippen molar-refractivity contribution in [1.29, 1.82) is 0 Å². The Hall–Kier alpha value is -0.430. The molecule has 0 amide bonds. The van der Waals surface area contributed by atoms with Crippen molar-refractivity contribution in [3.05, 3.63) is 17.0 Å². The molecular weight excluding hydrogens is 268 g/mol. The highest BCUT2D eigenvalue weighted by molar-refractivity contribution is 7.91. The quantitative estimate of drug-likeness (QED) is 0.838. The van der Waals surface area contributed by atoms with Crippen LogP contribution in [0.4, 0.5) is 0 Å². The fourth-order valence-electron chi connectivity index (χ4n) is 1.93. The lowest BCUT2D eigenvalue weighted by molar-refractivity contribution is 0.350. The van der Waals surface area contributed by atoms with E-state index in [4.69, 9.17) is 0 Å². The third-order valence-electron chi connectivity index (χ3n) is 3.10. The van der Waals surface area contributed by atoms with Crippen LogP contribution in [-0.2, 0) is 16.6 Å². The monoisotopic (exact) mass is 290 g/mol. The molecular formula is C12H22N2O2S2. The van der Waals surface area contributed by atoms with Gasteiger partial charge in [-0.25, -0.2) is 8.42 Å². The number of nitrogens with one attached hydrogen (secondary N) is 1. The minimum Gasteiger partial charge on any atom is -0.316 e. The molecule has 1 heterocycles. The zero-order chi connectivity index (χ0) is 13.8. The molecule has 0 radical (unpaired) electrons. The van der Waals surface area contributed by atoms with E-state index in [0.717, 1.165) is 18.4 Å². The zero-order valence-electron chi connectivity index (χ0n) is 11.4. The van der Waals surface area contributed by atoms with Crippen molar-refractivity contribution in [2.24, 2.45) is 0 Å². The van der Waals surface area contributed by atoms with Crippen LogP contribution in [0.25, 0.3) is 0 Å². The van der Waals surface area contributed by atoms with E-state index in [1.54, 1.807) is 13.1 Å². The lowest BCUT2D eigenvalue weighted by Crippen LogP contribution is -2.35. The van der Waals surface area contributed by atoms with Gasteiger partial charge in [-0.2, -0.15) is 4.31 Å². The fourth-order valence-corrected chi connectivity index (χ4v) is 4.82. The van der Waals surface area contributed by atoms with Crippen LogP contribution in [0.2, 0.25) is 0 Å². The molecule has 0 aliphatic rings. The van der Waals surface area contributed by atoms with Crippen molar-refractivity contribution in [3.8, 4) is 0 Å². The number of thiophene rings is 1. The molecule has 0 saturated carbocycles. The Morgan fingerprint density at radius 1 is 1.39 bits per heavy atom.